The predicted molar refractivity (Wildman–Crippen MR) is 80.4 cm³/mol. The first-order valence-electron chi connectivity index (χ1n) is 6.57. The lowest BCUT2D eigenvalue weighted by Gasteiger charge is -2.12. The fraction of sp³-hybridized carbons (Fsp3) is 0.385. The van der Waals surface area contributed by atoms with E-state index in [-0.39, 0.29) is 4.90 Å². The molecule has 0 saturated heterocycles. The van der Waals surface area contributed by atoms with Gasteiger partial charge in [-0.25, -0.2) is 13.2 Å². The van der Waals surface area contributed by atoms with Crippen LogP contribution < -0.4 is 16.0 Å². The summed E-state index contributed by atoms with van der Waals surface area (Å²) in [5, 5.41) is 5.83. The molecule has 0 heterocycles. The Balaban J connectivity index is 2.60. The number of rotatable bonds is 5. The van der Waals surface area contributed by atoms with Crippen LogP contribution in [-0.2, 0) is 14.6 Å². The highest BCUT2D eigenvalue weighted by Crippen LogP contribution is 2.19. The predicted octanol–water partition coefficient (Wildman–Crippen LogP) is 1.20. The number of benzene rings is 1. The first-order valence-corrected chi connectivity index (χ1v) is 8.46. The largest absolute Gasteiger partial charge is 0.405 e. The van der Waals surface area contributed by atoms with Crippen molar-refractivity contribution in [2.45, 2.75) is 18.0 Å². The first-order chi connectivity index (χ1) is 10.9. The van der Waals surface area contributed by atoms with Crippen LogP contribution in [0.15, 0.2) is 23.1 Å². The summed E-state index contributed by atoms with van der Waals surface area (Å²) in [5.74, 6) is -0.876. The molecule has 24 heavy (non-hydrogen) atoms. The minimum Gasteiger partial charge on any atom is -0.376 e. The van der Waals surface area contributed by atoms with Gasteiger partial charge in [-0.3, -0.25) is 10.1 Å². The van der Waals surface area contributed by atoms with Crippen molar-refractivity contribution in [1.82, 2.24) is 10.6 Å². The topological polar surface area (TPSA) is 104 Å². The second-order valence-electron chi connectivity index (χ2n) is 4.95. The van der Waals surface area contributed by atoms with Gasteiger partial charge in [-0.2, -0.15) is 13.2 Å². The van der Waals surface area contributed by atoms with Crippen molar-refractivity contribution in [3.05, 3.63) is 23.8 Å². The normalized spacial score (nSPS) is 11.7. The van der Waals surface area contributed by atoms with Gasteiger partial charge in [-0.15, -0.1) is 0 Å². The second kappa shape index (κ2) is 7.51. The quantitative estimate of drug-likeness (QED) is 0.725. The molecule has 1 aromatic rings. The molecule has 0 aromatic heterocycles. The number of imide groups is 1. The van der Waals surface area contributed by atoms with Crippen molar-refractivity contribution in [1.29, 1.82) is 0 Å². The van der Waals surface area contributed by atoms with E-state index < -0.39 is 41.0 Å². The van der Waals surface area contributed by atoms with Crippen LogP contribution in [0.5, 0.6) is 0 Å². The van der Waals surface area contributed by atoms with E-state index >= 15 is 0 Å². The summed E-state index contributed by atoms with van der Waals surface area (Å²) in [7, 11) is -3.43. The maximum atomic E-state index is 11.9. The molecule has 0 saturated carbocycles. The maximum absolute atomic E-state index is 11.9. The zero-order valence-corrected chi connectivity index (χ0v) is 13.6. The number of sulfone groups is 1. The van der Waals surface area contributed by atoms with Gasteiger partial charge in [0.05, 0.1) is 11.4 Å². The van der Waals surface area contributed by atoms with E-state index in [0.717, 1.165) is 6.26 Å². The fourth-order valence-electron chi connectivity index (χ4n) is 1.59. The highest BCUT2D eigenvalue weighted by atomic mass is 32.2. The first kappa shape index (κ1) is 19.7. The van der Waals surface area contributed by atoms with E-state index in [2.05, 4.69) is 5.32 Å². The Morgan fingerprint density at radius 1 is 1.21 bits per heavy atom. The van der Waals surface area contributed by atoms with Gasteiger partial charge >= 0.3 is 12.2 Å². The molecule has 0 atom stereocenters. The van der Waals surface area contributed by atoms with Gasteiger partial charge in [0.15, 0.2) is 9.84 Å². The number of carbonyl (C=O) groups excluding carboxylic acids is 2. The number of anilines is 1. The average Bonchev–Trinajstić information content (AvgIpc) is 2.42. The lowest BCUT2D eigenvalue weighted by Crippen LogP contribution is -2.45. The van der Waals surface area contributed by atoms with Gasteiger partial charge in [-0.1, -0.05) is 6.07 Å². The van der Waals surface area contributed by atoms with Crippen molar-refractivity contribution >= 4 is 27.5 Å². The van der Waals surface area contributed by atoms with Crippen LogP contribution in [0.3, 0.4) is 0 Å². The molecule has 0 bridgehead atoms. The van der Waals surface area contributed by atoms with Crippen molar-refractivity contribution in [2.24, 2.45) is 0 Å². The molecule has 0 aliphatic carbocycles. The highest BCUT2D eigenvalue weighted by molar-refractivity contribution is 7.90. The summed E-state index contributed by atoms with van der Waals surface area (Å²) < 4.78 is 58.7. The van der Waals surface area contributed by atoms with Crippen LogP contribution in [0.4, 0.5) is 23.7 Å². The number of urea groups is 1. The van der Waals surface area contributed by atoms with Crippen LogP contribution in [0.25, 0.3) is 0 Å². The van der Waals surface area contributed by atoms with Gasteiger partial charge in [0.1, 0.15) is 6.54 Å². The summed E-state index contributed by atoms with van der Waals surface area (Å²) in [6, 6.07) is 2.98. The number of nitrogens with one attached hydrogen (secondary N) is 3. The van der Waals surface area contributed by atoms with Crippen molar-refractivity contribution in [3.63, 3.8) is 0 Å². The molecule has 0 spiro atoms. The lowest BCUT2D eigenvalue weighted by molar-refractivity contribution is -0.124. The van der Waals surface area contributed by atoms with Gasteiger partial charge in [0.2, 0.25) is 5.91 Å². The molecule has 0 aliphatic rings. The summed E-state index contributed by atoms with van der Waals surface area (Å²) >= 11 is 0. The van der Waals surface area contributed by atoms with Crippen molar-refractivity contribution in [2.75, 3.05) is 24.7 Å². The van der Waals surface area contributed by atoms with Crippen LogP contribution in [0.2, 0.25) is 0 Å². The second-order valence-corrected chi connectivity index (χ2v) is 6.96. The molecule has 3 amide bonds. The van der Waals surface area contributed by atoms with Gasteiger partial charge in [0.25, 0.3) is 0 Å². The van der Waals surface area contributed by atoms with E-state index in [4.69, 9.17) is 0 Å². The standard InChI is InChI=1S/C13H16F3N3O4S/c1-8-3-4-9(24(2,22)23)5-10(8)17-6-11(20)19-12(21)18-7-13(14,15)16/h3-5,17H,6-7H2,1-2H3,(H2,18,19,20,21). The third-order valence-corrected chi connectivity index (χ3v) is 3.89. The van der Waals surface area contributed by atoms with Crippen molar-refractivity contribution < 1.29 is 31.2 Å². The molecule has 0 aliphatic heterocycles. The molecule has 3 N–H and O–H groups in total. The third kappa shape index (κ3) is 6.86. The monoisotopic (exact) mass is 367 g/mol. The van der Waals surface area contributed by atoms with Crippen LogP contribution >= 0.6 is 0 Å². The Morgan fingerprint density at radius 2 is 1.83 bits per heavy atom. The molecule has 0 radical (unpaired) electrons. The molecule has 1 rings (SSSR count). The zero-order valence-electron chi connectivity index (χ0n) is 12.8. The summed E-state index contributed by atoms with van der Waals surface area (Å²) in [6.07, 6.45) is -3.55. The van der Waals surface area contributed by atoms with Crippen LogP contribution in [0, 0.1) is 6.92 Å². The summed E-state index contributed by atoms with van der Waals surface area (Å²) in [5.41, 5.74) is 1.00. The zero-order chi connectivity index (χ0) is 18.5. The SMILES string of the molecule is Cc1ccc(S(C)(=O)=O)cc1NCC(=O)NC(=O)NCC(F)(F)F. The average molecular weight is 367 g/mol. The Morgan fingerprint density at radius 3 is 2.38 bits per heavy atom. The fourth-order valence-corrected chi connectivity index (χ4v) is 2.24. The number of amides is 3. The van der Waals surface area contributed by atoms with Gasteiger partial charge in [0, 0.05) is 11.9 Å². The Bertz CT molecular complexity index is 732. The van der Waals surface area contributed by atoms with Crippen LogP contribution in [0.1, 0.15) is 5.56 Å². The third-order valence-electron chi connectivity index (χ3n) is 2.78. The highest BCUT2D eigenvalue weighted by Gasteiger charge is 2.27. The van der Waals surface area contributed by atoms with Gasteiger partial charge < -0.3 is 10.6 Å². The molecule has 7 nitrogen and oxygen atoms in total. The smallest absolute Gasteiger partial charge is 0.376 e. The minimum atomic E-state index is -4.58. The summed E-state index contributed by atoms with van der Waals surface area (Å²) in [6.45, 7) is -0.315. The van der Waals surface area contributed by atoms with E-state index in [1.165, 1.54) is 23.5 Å². The lowest BCUT2D eigenvalue weighted by atomic mass is 10.2. The minimum absolute atomic E-state index is 0.0407. The Hall–Kier alpha value is -2.30. The Labute approximate surface area is 136 Å². The van der Waals surface area contributed by atoms with E-state index in [1.807, 2.05) is 0 Å². The van der Waals surface area contributed by atoms with E-state index in [9.17, 15) is 31.2 Å². The molecule has 134 valence electrons. The van der Waals surface area contributed by atoms with E-state index in [0.29, 0.717) is 11.3 Å². The number of aryl methyl sites for hydroxylation is 1. The number of halogens is 3. The van der Waals surface area contributed by atoms with E-state index in [1.54, 1.807) is 12.2 Å². The molecule has 1 aromatic carbocycles. The molecule has 0 fully saturated rings. The Kier molecular flexibility index (Phi) is 6.18. The number of carbonyl (C=O) groups is 2. The molecular weight excluding hydrogens is 351 g/mol. The maximum Gasteiger partial charge on any atom is 0.405 e. The van der Waals surface area contributed by atoms with Crippen LogP contribution in [-0.4, -0.2) is 45.9 Å². The number of hydrogen-bond donors (Lipinski definition) is 3. The molecule has 11 heteroatoms. The summed E-state index contributed by atoms with van der Waals surface area (Å²) in [4.78, 5) is 22.7. The molecular formula is C13H16F3N3O4S. The number of hydrogen-bond acceptors (Lipinski definition) is 5. The van der Waals surface area contributed by atoms with Crippen molar-refractivity contribution in [3.8, 4) is 0 Å². The number of alkyl halides is 3. The molecule has 0 unspecified atom stereocenters. The van der Waals surface area contributed by atoms with Gasteiger partial charge in [-0.05, 0) is 24.6 Å².